The second-order valence-corrected chi connectivity index (χ2v) is 7.68. The zero-order valence-electron chi connectivity index (χ0n) is 18.5. The van der Waals surface area contributed by atoms with Gasteiger partial charge >= 0.3 is 6.09 Å². The van der Waals surface area contributed by atoms with Crippen LogP contribution in [-0.2, 0) is 11.2 Å². The molecule has 0 unspecified atom stereocenters. The number of anilines is 1. The van der Waals surface area contributed by atoms with Crippen molar-refractivity contribution < 1.29 is 14.3 Å². The first kappa shape index (κ1) is 21.2. The molecule has 0 aliphatic heterocycles. The standard InChI is InChI=1S/C25H21N5O4/c1-33-22-10-8-14(15-7-9-19-21(12-15)27-24(26-19)28-25(32)34-2)11-16(22)13-20-17-5-3-4-6-18(17)23(31)30-29-20/h3-12H,13H2,1-2H3,(H,30,31)(H2,26,27,28,32). The highest BCUT2D eigenvalue weighted by atomic mass is 16.5. The summed E-state index contributed by atoms with van der Waals surface area (Å²) in [5.74, 6) is 1.04. The minimum Gasteiger partial charge on any atom is -0.496 e. The van der Waals surface area contributed by atoms with Gasteiger partial charge in [0.25, 0.3) is 5.56 Å². The number of aromatic nitrogens is 4. The molecule has 1 amide bonds. The van der Waals surface area contributed by atoms with E-state index in [1.54, 1.807) is 13.2 Å². The number of carbonyl (C=O) groups excluding carboxylic acids is 1. The maximum absolute atomic E-state index is 12.1. The van der Waals surface area contributed by atoms with Crippen molar-refractivity contribution in [3.63, 3.8) is 0 Å². The van der Waals surface area contributed by atoms with Crippen molar-refractivity contribution in [2.24, 2.45) is 0 Å². The number of carbonyl (C=O) groups is 1. The number of imidazole rings is 1. The van der Waals surface area contributed by atoms with E-state index >= 15 is 0 Å². The molecule has 34 heavy (non-hydrogen) atoms. The molecule has 170 valence electrons. The summed E-state index contributed by atoms with van der Waals surface area (Å²) in [7, 11) is 2.92. The summed E-state index contributed by atoms with van der Waals surface area (Å²) in [5, 5.41) is 10.8. The Morgan fingerprint density at radius 2 is 1.76 bits per heavy atom. The number of amides is 1. The second-order valence-electron chi connectivity index (χ2n) is 7.68. The smallest absolute Gasteiger partial charge is 0.413 e. The first-order valence-electron chi connectivity index (χ1n) is 10.5. The molecular weight excluding hydrogens is 434 g/mol. The van der Waals surface area contributed by atoms with Crippen LogP contribution in [0.2, 0.25) is 0 Å². The molecule has 3 aromatic carbocycles. The van der Waals surface area contributed by atoms with E-state index in [-0.39, 0.29) is 5.56 Å². The number of hydrogen-bond acceptors (Lipinski definition) is 6. The Bertz CT molecular complexity index is 1590. The van der Waals surface area contributed by atoms with Crippen LogP contribution in [0.5, 0.6) is 5.75 Å². The monoisotopic (exact) mass is 455 g/mol. The zero-order chi connectivity index (χ0) is 23.7. The topological polar surface area (TPSA) is 122 Å². The van der Waals surface area contributed by atoms with Crippen LogP contribution in [-0.4, -0.2) is 40.5 Å². The Morgan fingerprint density at radius 3 is 2.56 bits per heavy atom. The molecule has 5 aromatic rings. The van der Waals surface area contributed by atoms with Gasteiger partial charge in [-0.1, -0.05) is 30.3 Å². The summed E-state index contributed by atoms with van der Waals surface area (Å²) < 4.78 is 10.2. The molecule has 0 radical (unpaired) electrons. The molecule has 0 aliphatic rings. The number of H-pyrrole nitrogens is 2. The van der Waals surface area contributed by atoms with Crippen molar-refractivity contribution in [2.75, 3.05) is 19.5 Å². The molecule has 0 saturated heterocycles. The molecule has 0 fully saturated rings. The fraction of sp³-hybridized carbons (Fsp3) is 0.120. The fourth-order valence-corrected chi connectivity index (χ4v) is 3.98. The van der Waals surface area contributed by atoms with Crippen LogP contribution in [0.15, 0.2) is 65.5 Å². The van der Waals surface area contributed by atoms with Gasteiger partial charge in [0.2, 0.25) is 5.95 Å². The van der Waals surface area contributed by atoms with Gasteiger partial charge in [-0.05, 0) is 41.5 Å². The molecule has 9 nitrogen and oxygen atoms in total. The third kappa shape index (κ3) is 3.95. The molecular formula is C25H21N5O4. The molecule has 0 spiro atoms. The van der Waals surface area contributed by atoms with E-state index in [1.807, 2.05) is 54.6 Å². The maximum Gasteiger partial charge on any atom is 0.413 e. The van der Waals surface area contributed by atoms with Crippen LogP contribution in [0.3, 0.4) is 0 Å². The third-order valence-electron chi connectivity index (χ3n) is 5.63. The summed E-state index contributed by atoms with van der Waals surface area (Å²) in [4.78, 5) is 31.0. The van der Waals surface area contributed by atoms with Gasteiger partial charge in [-0.15, -0.1) is 0 Å². The molecule has 0 bridgehead atoms. The van der Waals surface area contributed by atoms with Crippen LogP contribution in [0.1, 0.15) is 11.3 Å². The average molecular weight is 455 g/mol. The molecule has 9 heteroatoms. The predicted molar refractivity (Wildman–Crippen MR) is 129 cm³/mol. The summed E-state index contributed by atoms with van der Waals surface area (Å²) >= 11 is 0. The van der Waals surface area contributed by atoms with E-state index in [2.05, 4.69) is 30.2 Å². The van der Waals surface area contributed by atoms with Gasteiger partial charge in [-0.2, -0.15) is 5.10 Å². The maximum atomic E-state index is 12.1. The lowest BCUT2D eigenvalue weighted by Crippen LogP contribution is -2.11. The third-order valence-corrected chi connectivity index (χ3v) is 5.63. The minimum absolute atomic E-state index is 0.214. The SMILES string of the molecule is COC(=O)Nc1nc2ccc(-c3ccc(OC)c(Cc4n[nH]c(=O)c5ccccc45)c3)cc2[nH]1. The Balaban J connectivity index is 1.52. The number of nitrogens with zero attached hydrogens (tertiary/aromatic N) is 2. The Hall–Kier alpha value is -4.66. The number of nitrogens with one attached hydrogen (secondary N) is 3. The minimum atomic E-state index is -0.595. The lowest BCUT2D eigenvalue weighted by atomic mass is 9.98. The molecule has 3 N–H and O–H groups in total. The van der Waals surface area contributed by atoms with Crippen molar-refractivity contribution in [2.45, 2.75) is 6.42 Å². The number of methoxy groups -OCH3 is 2. The summed E-state index contributed by atoms with van der Waals surface area (Å²) in [6.07, 6.45) is -0.115. The van der Waals surface area contributed by atoms with Crippen LogP contribution < -0.4 is 15.6 Å². The van der Waals surface area contributed by atoms with Gasteiger partial charge < -0.3 is 14.5 Å². The highest BCUT2D eigenvalue weighted by Gasteiger charge is 2.13. The fourth-order valence-electron chi connectivity index (χ4n) is 3.98. The van der Waals surface area contributed by atoms with Crippen molar-refractivity contribution in [1.82, 2.24) is 20.2 Å². The number of rotatable bonds is 5. The first-order valence-corrected chi connectivity index (χ1v) is 10.5. The van der Waals surface area contributed by atoms with Crippen molar-refractivity contribution >= 4 is 33.8 Å². The number of aromatic amines is 2. The average Bonchev–Trinajstić information content (AvgIpc) is 3.27. The second kappa shape index (κ2) is 8.70. The Morgan fingerprint density at radius 1 is 1.00 bits per heavy atom. The van der Waals surface area contributed by atoms with E-state index in [4.69, 9.17) is 4.74 Å². The number of ether oxygens (including phenoxy) is 2. The highest BCUT2D eigenvalue weighted by molar-refractivity contribution is 5.88. The van der Waals surface area contributed by atoms with Crippen molar-refractivity contribution in [3.8, 4) is 16.9 Å². The van der Waals surface area contributed by atoms with Gasteiger partial charge in [0.1, 0.15) is 5.75 Å². The van der Waals surface area contributed by atoms with Gasteiger partial charge in [-0.3, -0.25) is 10.1 Å². The van der Waals surface area contributed by atoms with Crippen molar-refractivity contribution in [1.29, 1.82) is 0 Å². The quantitative estimate of drug-likeness (QED) is 0.364. The van der Waals surface area contributed by atoms with Crippen LogP contribution in [0.4, 0.5) is 10.7 Å². The Labute approximate surface area is 193 Å². The molecule has 0 saturated carbocycles. The first-order chi connectivity index (χ1) is 16.6. The Kier molecular flexibility index (Phi) is 5.43. The lowest BCUT2D eigenvalue weighted by Gasteiger charge is -2.12. The van der Waals surface area contributed by atoms with Gasteiger partial charge in [0, 0.05) is 17.4 Å². The van der Waals surface area contributed by atoms with Gasteiger partial charge in [0.05, 0.1) is 36.3 Å². The highest BCUT2D eigenvalue weighted by Crippen LogP contribution is 2.31. The molecule has 2 heterocycles. The van der Waals surface area contributed by atoms with Crippen LogP contribution in [0.25, 0.3) is 32.9 Å². The largest absolute Gasteiger partial charge is 0.496 e. The van der Waals surface area contributed by atoms with Crippen molar-refractivity contribution in [3.05, 3.63) is 82.3 Å². The summed E-state index contributed by atoms with van der Waals surface area (Å²) in [6, 6.07) is 19.2. The molecule has 2 aromatic heterocycles. The van der Waals surface area contributed by atoms with E-state index in [1.165, 1.54) is 7.11 Å². The predicted octanol–water partition coefficient (Wildman–Crippen LogP) is 4.24. The summed E-state index contributed by atoms with van der Waals surface area (Å²) in [6.45, 7) is 0. The van der Waals surface area contributed by atoms with Gasteiger partial charge in [-0.25, -0.2) is 14.9 Å². The number of benzene rings is 3. The molecule has 0 aliphatic carbocycles. The van der Waals surface area contributed by atoms with E-state index in [9.17, 15) is 9.59 Å². The molecule has 5 rings (SSSR count). The van der Waals surface area contributed by atoms with Crippen LogP contribution >= 0.6 is 0 Å². The van der Waals surface area contributed by atoms with E-state index < -0.39 is 6.09 Å². The van der Waals surface area contributed by atoms with Gasteiger partial charge in [0.15, 0.2) is 0 Å². The molecule has 0 atom stereocenters. The number of fused-ring (bicyclic) bond motifs is 2. The number of hydrogen-bond donors (Lipinski definition) is 3. The lowest BCUT2D eigenvalue weighted by molar-refractivity contribution is 0.186. The van der Waals surface area contributed by atoms with E-state index in [0.717, 1.165) is 39.0 Å². The van der Waals surface area contributed by atoms with Crippen LogP contribution in [0, 0.1) is 0 Å². The normalized spacial score (nSPS) is 11.0. The summed E-state index contributed by atoms with van der Waals surface area (Å²) in [5.41, 5.74) is 4.90. The zero-order valence-corrected chi connectivity index (χ0v) is 18.5. The van der Waals surface area contributed by atoms with E-state index in [0.29, 0.717) is 23.3 Å².